The molecular weight excluding hydrogens is 448 g/mol. The molecular formula is C30H30N4O2. The number of fused-ring (bicyclic) bond motifs is 3. The second kappa shape index (κ2) is 9.53. The molecule has 3 heterocycles. The highest BCUT2D eigenvalue weighted by atomic mass is 16.2. The predicted octanol–water partition coefficient (Wildman–Crippen LogP) is 4.65. The molecule has 6 heteroatoms. The summed E-state index contributed by atoms with van der Waals surface area (Å²) in [4.78, 5) is 34.0. The van der Waals surface area contributed by atoms with E-state index in [1.807, 2.05) is 75.0 Å². The summed E-state index contributed by atoms with van der Waals surface area (Å²) in [7, 11) is 0. The van der Waals surface area contributed by atoms with Crippen molar-refractivity contribution in [2.75, 3.05) is 37.6 Å². The number of nitrogens with zero attached hydrogens (tertiary/aromatic N) is 4. The molecule has 2 aliphatic heterocycles. The zero-order chi connectivity index (χ0) is 24.5. The van der Waals surface area contributed by atoms with Gasteiger partial charge in [-0.1, -0.05) is 72.8 Å². The number of hydrogen-bond donors (Lipinski definition) is 0. The maximum Gasteiger partial charge on any atom is 0.271 e. The Balaban J connectivity index is 1.31. The van der Waals surface area contributed by atoms with Crippen LogP contribution in [0.5, 0.6) is 0 Å². The Morgan fingerprint density at radius 3 is 2.06 bits per heavy atom. The Labute approximate surface area is 211 Å². The maximum atomic E-state index is 13.9. The van der Waals surface area contributed by atoms with Gasteiger partial charge in [0.25, 0.3) is 11.8 Å². The summed E-state index contributed by atoms with van der Waals surface area (Å²) < 4.78 is 2.00. The van der Waals surface area contributed by atoms with Crippen LogP contribution in [-0.4, -0.2) is 58.9 Å². The molecule has 0 radical (unpaired) electrons. The Kier molecular flexibility index (Phi) is 5.93. The van der Waals surface area contributed by atoms with Crippen molar-refractivity contribution in [3.05, 3.63) is 102 Å². The number of para-hydroxylation sites is 1. The number of anilines is 1. The number of rotatable bonds is 4. The number of hydrogen-bond acceptors (Lipinski definition) is 3. The summed E-state index contributed by atoms with van der Waals surface area (Å²) in [5.74, 6) is 0.0231. The number of carbonyl (C=O) groups excluding carboxylic acids is 2. The molecule has 182 valence electrons. The van der Waals surface area contributed by atoms with Gasteiger partial charge in [-0.25, -0.2) is 0 Å². The van der Waals surface area contributed by atoms with Crippen LogP contribution in [-0.2, 0) is 13.1 Å². The average molecular weight is 479 g/mol. The van der Waals surface area contributed by atoms with E-state index < -0.39 is 0 Å². The van der Waals surface area contributed by atoms with E-state index >= 15 is 0 Å². The van der Waals surface area contributed by atoms with Crippen molar-refractivity contribution in [2.24, 2.45) is 0 Å². The van der Waals surface area contributed by atoms with Gasteiger partial charge in [-0.3, -0.25) is 9.59 Å². The van der Waals surface area contributed by atoms with Crippen molar-refractivity contribution < 1.29 is 9.59 Å². The minimum atomic E-state index is 0.000463. The molecule has 1 fully saturated rings. The van der Waals surface area contributed by atoms with E-state index in [0.717, 1.165) is 35.8 Å². The second-order valence-corrected chi connectivity index (χ2v) is 9.58. The molecule has 3 aromatic carbocycles. The Hall–Kier alpha value is -4.06. The van der Waals surface area contributed by atoms with Crippen LogP contribution in [0.1, 0.15) is 33.0 Å². The molecule has 0 bridgehead atoms. The van der Waals surface area contributed by atoms with Gasteiger partial charge < -0.3 is 19.3 Å². The lowest BCUT2D eigenvalue weighted by Gasteiger charge is -2.36. The minimum absolute atomic E-state index is 0.000463. The zero-order valence-electron chi connectivity index (χ0n) is 20.3. The van der Waals surface area contributed by atoms with Gasteiger partial charge >= 0.3 is 0 Å². The van der Waals surface area contributed by atoms with Crippen molar-refractivity contribution in [2.45, 2.75) is 19.5 Å². The number of amides is 2. The van der Waals surface area contributed by atoms with Crippen molar-refractivity contribution in [1.82, 2.24) is 14.4 Å². The lowest BCUT2D eigenvalue weighted by atomic mass is 10.1. The summed E-state index contributed by atoms with van der Waals surface area (Å²) in [5, 5.41) is 1.74. The van der Waals surface area contributed by atoms with Crippen molar-refractivity contribution in [3.63, 3.8) is 0 Å². The minimum Gasteiger partial charge on any atom is -0.368 e. The Bertz CT molecular complexity index is 1390. The first kappa shape index (κ1) is 22.4. The van der Waals surface area contributed by atoms with Gasteiger partial charge in [0.05, 0.1) is 0 Å². The summed E-state index contributed by atoms with van der Waals surface area (Å²) in [5.41, 5.74) is 3.60. The number of aromatic nitrogens is 1. The van der Waals surface area contributed by atoms with Gasteiger partial charge in [-0.2, -0.15) is 0 Å². The van der Waals surface area contributed by atoms with Gasteiger partial charge in [0.1, 0.15) is 11.4 Å². The molecule has 0 atom stereocenters. The van der Waals surface area contributed by atoms with E-state index in [0.29, 0.717) is 44.1 Å². The quantitative estimate of drug-likeness (QED) is 0.429. The fourth-order valence-electron chi connectivity index (χ4n) is 5.57. The van der Waals surface area contributed by atoms with Gasteiger partial charge in [0.15, 0.2) is 0 Å². The van der Waals surface area contributed by atoms with Gasteiger partial charge in [-0.05, 0) is 24.1 Å². The lowest BCUT2D eigenvalue weighted by Crippen LogP contribution is -2.49. The van der Waals surface area contributed by atoms with Crippen LogP contribution in [0.25, 0.3) is 10.8 Å². The van der Waals surface area contributed by atoms with E-state index in [1.54, 1.807) is 0 Å². The predicted molar refractivity (Wildman–Crippen MR) is 142 cm³/mol. The molecule has 1 saturated heterocycles. The second-order valence-electron chi connectivity index (χ2n) is 9.58. The molecule has 2 amide bonds. The topological polar surface area (TPSA) is 48.8 Å². The SMILES string of the molecule is O=C(c1c2ccccc2c2n1CCCN(Cc1ccccc1)C2=O)N1CCN(c2ccccc2)CC1. The largest absolute Gasteiger partial charge is 0.368 e. The maximum absolute atomic E-state index is 13.9. The first-order valence-corrected chi connectivity index (χ1v) is 12.7. The molecule has 0 spiro atoms. The van der Waals surface area contributed by atoms with Crippen LogP contribution in [0.2, 0.25) is 0 Å². The highest BCUT2D eigenvalue weighted by Gasteiger charge is 2.33. The van der Waals surface area contributed by atoms with Crippen LogP contribution in [0, 0.1) is 0 Å². The first-order chi connectivity index (χ1) is 17.7. The molecule has 0 N–H and O–H groups in total. The monoisotopic (exact) mass is 478 g/mol. The highest BCUT2D eigenvalue weighted by Crippen LogP contribution is 2.31. The first-order valence-electron chi connectivity index (χ1n) is 12.7. The van der Waals surface area contributed by atoms with E-state index in [1.165, 1.54) is 5.69 Å². The summed E-state index contributed by atoms with van der Waals surface area (Å²) in [6.45, 7) is 4.83. The summed E-state index contributed by atoms with van der Waals surface area (Å²) in [6, 6.07) is 28.3. The average Bonchev–Trinajstić information content (AvgIpc) is 3.18. The van der Waals surface area contributed by atoms with Gasteiger partial charge in [-0.15, -0.1) is 0 Å². The number of carbonyl (C=O) groups is 2. The summed E-state index contributed by atoms with van der Waals surface area (Å²) >= 11 is 0. The van der Waals surface area contributed by atoms with Crippen LogP contribution < -0.4 is 4.90 Å². The van der Waals surface area contributed by atoms with Crippen LogP contribution in [0.3, 0.4) is 0 Å². The highest BCUT2D eigenvalue weighted by molar-refractivity contribution is 6.14. The summed E-state index contributed by atoms with van der Waals surface area (Å²) in [6.07, 6.45) is 0.814. The molecule has 6 nitrogen and oxygen atoms in total. The molecule has 36 heavy (non-hydrogen) atoms. The van der Waals surface area contributed by atoms with E-state index in [2.05, 4.69) is 29.2 Å². The van der Waals surface area contributed by atoms with Gasteiger partial charge in [0, 0.05) is 62.3 Å². The lowest BCUT2D eigenvalue weighted by molar-refractivity contribution is 0.0737. The van der Waals surface area contributed by atoms with Crippen molar-refractivity contribution in [3.8, 4) is 0 Å². The third kappa shape index (κ3) is 4.02. The van der Waals surface area contributed by atoms with Gasteiger partial charge in [0.2, 0.25) is 0 Å². The number of benzene rings is 3. The fourth-order valence-corrected chi connectivity index (χ4v) is 5.57. The third-order valence-electron chi connectivity index (χ3n) is 7.38. The smallest absolute Gasteiger partial charge is 0.271 e. The molecule has 0 saturated carbocycles. The fraction of sp³-hybridized carbons (Fsp3) is 0.267. The zero-order valence-corrected chi connectivity index (χ0v) is 20.3. The van der Waals surface area contributed by atoms with E-state index in [4.69, 9.17) is 0 Å². The third-order valence-corrected chi connectivity index (χ3v) is 7.38. The molecule has 0 unspecified atom stereocenters. The molecule has 4 aromatic rings. The van der Waals surface area contributed by atoms with Crippen LogP contribution in [0.15, 0.2) is 84.9 Å². The molecule has 2 aliphatic rings. The molecule has 1 aromatic heterocycles. The van der Waals surface area contributed by atoms with E-state index in [9.17, 15) is 9.59 Å². The molecule has 6 rings (SSSR count). The number of piperazine rings is 1. The Morgan fingerprint density at radius 2 is 1.33 bits per heavy atom. The Morgan fingerprint density at radius 1 is 0.694 bits per heavy atom. The van der Waals surface area contributed by atoms with Crippen molar-refractivity contribution >= 4 is 28.3 Å². The standard InChI is InChI=1S/C30H30N4O2/c35-29(32-20-18-31(19-21-32)24-12-5-2-6-13-24)27-25-14-7-8-15-26(25)28-30(36)33(16-9-17-34(27)28)22-23-10-3-1-4-11-23/h1-8,10-15H,9,16-22H2. The normalized spacial score (nSPS) is 16.2. The molecule has 0 aliphatic carbocycles. The van der Waals surface area contributed by atoms with Crippen LogP contribution in [0.4, 0.5) is 5.69 Å². The van der Waals surface area contributed by atoms with E-state index in [-0.39, 0.29) is 11.8 Å². The van der Waals surface area contributed by atoms with Crippen molar-refractivity contribution in [1.29, 1.82) is 0 Å². The van der Waals surface area contributed by atoms with Crippen LogP contribution >= 0.6 is 0 Å².